The number of hydrogen-bond donors (Lipinski definition) is 1. The van der Waals surface area contributed by atoms with Crippen LogP contribution in [-0.4, -0.2) is 30.6 Å². The molecule has 0 heterocycles. The number of allylic oxidation sites excluding steroid dienone is 1. The molecule has 4 heteroatoms. The van der Waals surface area contributed by atoms with Gasteiger partial charge in [0.2, 0.25) is 0 Å². The second-order valence-electron chi connectivity index (χ2n) is 4.37. The number of aliphatic hydroxyl groups is 1. The minimum atomic E-state index is -0.242. The van der Waals surface area contributed by atoms with E-state index in [1.807, 2.05) is 12.2 Å². The molecule has 96 valence electrons. The molecule has 0 radical (unpaired) electrons. The fraction of sp³-hybridized carbons (Fsp3) is 0.692. The number of ketones is 1. The summed E-state index contributed by atoms with van der Waals surface area (Å²) in [5.74, 6) is 0.0689. The van der Waals surface area contributed by atoms with Crippen molar-refractivity contribution < 1.29 is 19.4 Å². The van der Waals surface area contributed by atoms with E-state index >= 15 is 0 Å². The number of methoxy groups -OCH3 is 1. The highest BCUT2D eigenvalue weighted by Crippen LogP contribution is 2.34. The fourth-order valence-electron chi connectivity index (χ4n) is 2.28. The highest BCUT2D eigenvalue weighted by molar-refractivity contribution is 5.84. The molecule has 0 bridgehead atoms. The first-order valence-corrected chi connectivity index (χ1v) is 6.04. The zero-order chi connectivity index (χ0) is 12.7. The molecule has 0 saturated heterocycles. The number of carbonyl (C=O) groups excluding carboxylic acids is 2. The van der Waals surface area contributed by atoms with Crippen LogP contribution < -0.4 is 0 Å². The van der Waals surface area contributed by atoms with Crippen molar-refractivity contribution in [3.63, 3.8) is 0 Å². The Morgan fingerprint density at radius 3 is 2.94 bits per heavy atom. The maximum Gasteiger partial charge on any atom is 0.305 e. The molecule has 0 aromatic rings. The second-order valence-corrected chi connectivity index (χ2v) is 4.37. The average Bonchev–Trinajstić information content (AvgIpc) is 2.66. The first kappa shape index (κ1) is 13.9. The van der Waals surface area contributed by atoms with Crippen molar-refractivity contribution in [2.75, 3.05) is 13.7 Å². The lowest BCUT2D eigenvalue weighted by molar-refractivity contribution is -0.142. The summed E-state index contributed by atoms with van der Waals surface area (Å²) in [6, 6.07) is 0. The van der Waals surface area contributed by atoms with Crippen molar-refractivity contribution in [3.8, 4) is 0 Å². The number of carbonyl (C=O) groups is 2. The Hall–Kier alpha value is -1.16. The summed E-state index contributed by atoms with van der Waals surface area (Å²) >= 11 is 0. The van der Waals surface area contributed by atoms with Gasteiger partial charge in [0.25, 0.3) is 0 Å². The van der Waals surface area contributed by atoms with Crippen LogP contribution in [0.15, 0.2) is 12.2 Å². The van der Waals surface area contributed by atoms with Crippen LogP contribution in [0.1, 0.15) is 32.1 Å². The van der Waals surface area contributed by atoms with Crippen LogP contribution in [0.25, 0.3) is 0 Å². The van der Waals surface area contributed by atoms with Gasteiger partial charge in [0.05, 0.1) is 7.11 Å². The summed E-state index contributed by atoms with van der Waals surface area (Å²) in [6.07, 6.45) is 6.77. The Labute approximate surface area is 102 Å². The summed E-state index contributed by atoms with van der Waals surface area (Å²) in [5.41, 5.74) is 0. The van der Waals surface area contributed by atoms with E-state index in [-0.39, 0.29) is 30.2 Å². The summed E-state index contributed by atoms with van der Waals surface area (Å²) in [6.45, 7) is 0.126. The third-order valence-corrected chi connectivity index (χ3v) is 3.25. The Balaban J connectivity index is 2.47. The molecule has 1 aliphatic rings. The summed E-state index contributed by atoms with van der Waals surface area (Å²) in [5, 5.41) is 8.63. The van der Waals surface area contributed by atoms with Gasteiger partial charge in [-0.3, -0.25) is 9.59 Å². The van der Waals surface area contributed by atoms with Crippen LogP contribution in [0.5, 0.6) is 0 Å². The predicted molar refractivity (Wildman–Crippen MR) is 63.3 cm³/mol. The first-order chi connectivity index (χ1) is 8.19. The molecule has 0 aliphatic heterocycles. The Morgan fingerprint density at radius 2 is 2.29 bits per heavy atom. The van der Waals surface area contributed by atoms with E-state index < -0.39 is 0 Å². The first-order valence-electron chi connectivity index (χ1n) is 6.04. The maximum atomic E-state index is 11.7. The molecule has 1 N–H and O–H groups in total. The monoisotopic (exact) mass is 240 g/mol. The van der Waals surface area contributed by atoms with Crippen molar-refractivity contribution in [1.82, 2.24) is 0 Å². The van der Waals surface area contributed by atoms with E-state index in [0.717, 1.165) is 6.42 Å². The van der Waals surface area contributed by atoms with Crippen LogP contribution in [0, 0.1) is 11.8 Å². The van der Waals surface area contributed by atoms with E-state index in [2.05, 4.69) is 4.74 Å². The average molecular weight is 240 g/mol. The normalized spacial score (nSPS) is 24.5. The van der Waals surface area contributed by atoms with Crippen LogP contribution in [0.3, 0.4) is 0 Å². The molecule has 1 aliphatic carbocycles. The van der Waals surface area contributed by atoms with Gasteiger partial charge < -0.3 is 9.84 Å². The van der Waals surface area contributed by atoms with E-state index in [4.69, 9.17) is 5.11 Å². The van der Waals surface area contributed by atoms with Gasteiger partial charge in [0.15, 0.2) is 0 Å². The molecule has 0 amide bonds. The van der Waals surface area contributed by atoms with Crippen molar-refractivity contribution in [2.45, 2.75) is 32.1 Å². The van der Waals surface area contributed by atoms with E-state index in [9.17, 15) is 9.59 Å². The number of esters is 1. The summed E-state index contributed by atoms with van der Waals surface area (Å²) in [4.78, 5) is 22.9. The topological polar surface area (TPSA) is 63.6 Å². The Morgan fingerprint density at radius 1 is 1.53 bits per heavy atom. The van der Waals surface area contributed by atoms with Crippen molar-refractivity contribution in [3.05, 3.63) is 12.2 Å². The lowest BCUT2D eigenvalue weighted by atomic mass is 9.89. The molecule has 17 heavy (non-hydrogen) atoms. The van der Waals surface area contributed by atoms with Gasteiger partial charge in [-0.05, 0) is 25.2 Å². The quantitative estimate of drug-likeness (QED) is 0.564. The highest BCUT2D eigenvalue weighted by atomic mass is 16.5. The standard InChI is InChI=1S/C13H20O4/c1-17-13(16)9-10-6-7-12(15)11(10)5-3-2-4-8-14/h2-3,10-11,14H,4-9H2,1H3/b3-2-/t10-,11+/m1/s1. The molecule has 2 atom stereocenters. The Kier molecular flexibility index (Phi) is 5.91. The maximum absolute atomic E-state index is 11.7. The van der Waals surface area contributed by atoms with E-state index in [0.29, 0.717) is 25.7 Å². The largest absolute Gasteiger partial charge is 0.469 e. The van der Waals surface area contributed by atoms with Gasteiger partial charge in [-0.1, -0.05) is 12.2 Å². The molecule has 0 aromatic heterocycles. The molecule has 4 nitrogen and oxygen atoms in total. The van der Waals surface area contributed by atoms with Crippen molar-refractivity contribution in [1.29, 1.82) is 0 Å². The number of hydrogen-bond acceptors (Lipinski definition) is 4. The van der Waals surface area contributed by atoms with Crippen LogP contribution in [-0.2, 0) is 14.3 Å². The number of aliphatic hydroxyl groups excluding tert-OH is 1. The van der Waals surface area contributed by atoms with Crippen LogP contribution in [0.2, 0.25) is 0 Å². The zero-order valence-corrected chi connectivity index (χ0v) is 10.2. The molecule has 0 aromatic carbocycles. The molecule has 1 rings (SSSR count). The molecular weight excluding hydrogens is 220 g/mol. The number of rotatable bonds is 6. The number of Topliss-reactive ketones (excluding diaryl/α,β-unsaturated/α-hetero) is 1. The van der Waals surface area contributed by atoms with Crippen LogP contribution in [0.4, 0.5) is 0 Å². The van der Waals surface area contributed by atoms with Crippen molar-refractivity contribution in [2.24, 2.45) is 11.8 Å². The van der Waals surface area contributed by atoms with Gasteiger partial charge in [-0.15, -0.1) is 0 Å². The van der Waals surface area contributed by atoms with E-state index in [1.54, 1.807) is 0 Å². The second kappa shape index (κ2) is 7.22. The summed E-state index contributed by atoms with van der Waals surface area (Å²) < 4.78 is 4.64. The van der Waals surface area contributed by atoms with Gasteiger partial charge in [-0.2, -0.15) is 0 Å². The minimum Gasteiger partial charge on any atom is -0.469 e. The lowest BCUT2D eigenvalue weighted by Crippen LogP contribution is -2.18. The predicted octanol–water partition coefficient (Wildman–Crippen LogP) is 1.47. The van der Waals surface area contributed by atoms with Crippen LogP contribution >= 0.6 is 0 Å². The fourth-order valence-corrected chi connectivity index (χ4v) is 2.28. The van der Waals surface area contributed by atoms with Gasteiger partial charge in [0, 0.05) is 25.4 Å². The minimum absolute atomic E-state index is 0.0518. The summed E-state index contributed by atoms with van der Waals surface area (Å²) in [7, 11) is 1.37. The third-order valence-electron chi connectivity index (χ3n) is 3.25. The van der Waals surface area contributed by atoms with E-state index in [1.165, 1.54) is 7.11 Å². The third kappa shape index (κ3) is 4.30. The molecular formula is C13H20O4. The lowest BCUT2D eigenvalue weighted by Gasteiger charge is -2.15. The van der Waals surface area contributed by atoms with Gasteiger partial charge >= 0.3 is 5.97 Å². The smallest absolute Gasteiger partial charge is 0.305 e. The molecule has 1 fully saturated rings. The van der Waals surface area contributed by atoms with Gasteiger partial charge in [0.1, 0.15) is 5.78 Å². The van der Waals surface area contributed by atoms with Crippen molar-refractivity contribution >= 4 is 11.8 Å². The number of ether oxygens (including phenoxy) is 1. The Bertz CT molecular complexity index is 296. The SMILES string of the molecule is COC(=O)C[C@H]1CCC(=O)[C@H]1C/C=C\CCO. The molecule has 1 saturated carbocycles. The highest BCUT2D eigenvalue weighted by Gasteiger charge is 2.34. The molecule has 0 spiro atoms. The zero-order valence-electron chi connectivity index (χ0n) is 10.2. The molecule has 0 unspecified atom stereocenters. The van der Waals surface area contributed by atoms with Gasteiger partial charge in [-0.25, -0.2) is 0 Å².